The lowest BCUT2D eigenvalue weighted by Gasteiger charge is -2.14. The lowest BCUT2D eigenvalue weighted by atomic mass is 10.1. The predicted octanol–water partition coefficient (Wildman–Crippen LogP) is 3.23. The number of nitrogens with zero attached hydrogens (tertiary/aromatic N) is 1. The van der Waals surface area contributed by atoms with E-state index >= 15 is 0 Å². The maximum Gasteiger partial charge on any atom is 0.123 e. The first-order valence-electron chi connectivity index (χ1n) is 6.73. The standard InChI is InChI=1S/C16H16N2O2S/c19-11-14(15-2-1-8-20-15)18-10-12-3-5-13(6-4-12)16-17-7-9-21-16/h1-9,14,18-19H,10-11H2. The summed E-state index contributed by atoms with van der Waals surface area (Å²) in [5.74, 6) is 0.747. The second-order valence-corrected chi connectivity index (χ2v) is 5.56. The molecule has 1 atom stereocenters. The van der Waals surface area contributed by atoms with Gasteiger partial charge in [0.25, 0.3) is 0 Å². The van der Waals surface area contributed by atoms with Gasteiger partial charge in [-0.1, -0.05) is 24.3 Å². The van der Waals surface area contributed by atoms with Crippen LogP contribution >= 0.6 is 11.3 Å². The Labute approximate surface area is 127 Å². The van der Waals surface area contributed by atoms with Crippen LogP contribution in [0.15, 0.2) is 58.7 Å². The normalized spacial score (nSPS) is 12.4. The second kappa shape index (κ2) is 6.67. The van der Waals surface area contributed by atoms with Crippen molar-refractivity contribution in [1.29, 1.82) is 0 Å². The molecule has 3 aromatic rings. The lowest BCUT2D eigenvalue weighted by Crippen LogP contribution is -2.23. The van der Waals surface area contributed by atoms with Gasteiger partial charge in [0.05, 0.1) is 18.9 Å². The van der Waals surface area contributed by atoms with Gasteiger partial charge >= 0.3 is 0 Å². The van der Waals surface area contributed by atoms with Crippen molar-refractivity contribution in [2.75, 3.05) is 6.61 Å². The fourth-order valence-corrected chi connectivity index (χ4v) is 2.76. The molecule has 3 rings (SSSR count). The molecule has 0 spiro atoms. The largest absolute Gasteiger partial charge is 0.468 e. The van der Waals surface area contributed by atoms with Crippen LogP contribution in [0.3, 0.4) is 0 Å². The molecular formula is C16H16N2O2S. The highest BCUT2D eigenvalue weighted by molar-refractivity contribution is 7.13. The number of benzene rings is 1. The van der Waals surface area contributed by atoms with Crippen LogP contribution in [0.5, 0.6) is 0 Å². The van der Waals surface area contributed by atoms with E-state index in [2.05, 4.69) is 34.6 Å². The summed E-state index contributed by atoms with van der Waals surface area (Å²) in [6.07, 6.45) is 3.42. The van der Waals surface area contributed by atoms with Gasteiger partial charge in [-0.3, -0.25) is 0 Å². The third-order valence-corrected chi connectivity index (χ3v) is 4.08. The SMILES string of the molecule is OCC(NCc1ccc(-c2nccs2)cc1)c1ccco1. The molecule has 21 heavy (non-hydrogen) atoms. The predicted molar refractivity (Wildman–Crippen MR) is 82.9 cm³/mol. The average Bonchev–Trinajstić information content (AvgIpc) is 3.22. The summed E-state index contributed by atoms with van der Waals surface area (Å²) in [5, 5.41) is 15.7. The van der Waals surface area contributed by atoms with Crippen molar-refractivity contribution in [1.82, 2.24) is 10.3 Å². The fourth-order valence-electron chi connectivity index (χ4n) is 2.12. The molecule has 0 saturated carbocycles. The topological polar surface area (TPSA) is 58.3 Å². The summed E-state index contributed by atoms with van der Waals surface area (Å²) in [6.45, 7) is 0.675. The Morgan fingerprint density at radius 2 is 2.10 bits per heavy atom. The van der Waals surface area contributed by atoms with E-state index in [0.717, 1.165) is 21.9 Å². The van der Waals surface area contributed by atoms with E-state index in [-0.39, 0.29) is 12.6 Å². The first-order valence-corrected chi connectivity index (χ1v) is 7.61. The fraction of sp³-hybridized carbons (Fsp3) is 0.188. The minimum Gasteiger partial charge on any atom is -0.468 e. The summed E-state index contributed by atoms with van der Waals surface area (Å²) >= 11 is 1.63. The minimum atomic E-state index is -0.182. The van der Waals surface area contributed by atoms with Crippen LogP contribution < -0.4 is 5.32 Å². The smallest absolute Gasteiger partial charge is 0.123 e. The molecule has 0 fully saturated rings. The summed E-state index contributed by atoms with van der Waals surface area (Å²) in [7, 11) is 0. The third-order valence-electron chi connectivity index (χ3n) is 3.25. The Morgan fingerprint density at radius 3 is 2.71 bits per heavy atom. The maximum atomic E-state index is 9.42. The van der Waals surface area contributed by atoms with E-state index in [4.69, 9.17) is 4.42 Å². The van der Waals surface area contributed by atoms with Crippen molar-refractivity contribution in [2.45, 2.75) is 12.6 Å². The number of nitrogens with one attached hydrogen (secondary N) is 1. The lowest BCUT2D eigenvalue weighted by molar-refractivity contribution is 0.225. The highest BCUT2D eigenvalue weighted by Crippen LogP contribution is 2.22. The Balaban J connectivity index is 1.63. The van der Waals surface area contributed by atoms with Gasteiger partial charge in [-0.05, 0) is 17.7 Å². The first kappa shape index (κ1) is 14.0. The quantitative estimate of drug-likeness (QED) is 0.734. The average molecular weight is 300 g/mol. The van der Waals surface area contributed by atoms with E-state index in [1.807, 2.05) is 23.7 Å². The molecule has 5 heteroatoms. The van der Waals surface area contributed by atoms with E-state index < -0.39 is 0 Å². The molecule has 1 aromatic carbocycles. The van der Waals surface area contributed by atoms with E-state index in [0.29, 0.717) is 6.54 Å². The van der Waals surface area contributed by atoms with Crippen LogP contribution in [0.2, 0.25) is 0 Å². The van der Waals surface area contributed by atoms with Gasteiger partial charge in [-0.2, -0.15) is 0 Å². The van der Waals surface area contributed by atoms with Crippen molar-refractivity contribution in [3.05, 3.63) is 65.6 Å². The summed E-state index contributed by atoms with van der Waals surface area (Å²) < 4.78 is 5.31. The molecule has 2 N–H and O–H groups in total. The molecule has 0 aliphatic rings. The van der Waals surface area contributed by atoms with Crippen molar-refractivity contribution >= 4 is 11.3 Å². The number of aromatic nitrogens is 1. The number of hydrogen-bond acceptors (Lipinski definition) is 5. The number of rotatable bonds is 6. The molecule has 0 amide bonds. The molecule has 108 valence electrons. The molecule has 4 nitrogen and oxygen atoms in total. The molecule has 0 radical (unpaired) electrons. The zero-order valence-corrected chi connectivity index (χ0v) is 12.2. The van der Waals surface area contributed by atoms with Gasteiger partial charge in [-0.25, -0.2) is 4.98 Å². The number of aliphatic hydroxyl groups excluding tert-OH is 1. The highest BCUT2D eigenvalue weighted by Gasteiger charge is 2.12. The minimum absolute atomic E-state index is 0.00467. The van der Waals surface area contributed by atoms with Crippen LogP contribution in [-0.4, -0.2) is 16.7 Å². The highest BCUT2D eigenvalue weighted by atomic mass is 32.1. The van der Waals surface area contributed by atoms with E-state index in [9.17, 15) is 5.11 Å². The van der Waals surface area contributed by atoms with Crippen LogP contribution in [-0.2, 0) is 6.54 Å². The molecule has 0 aliphatic carbocycles. The summed E-state index contributed by atoms with van der Waals surface area (Å²) in [6, 6.07) is 11.8. The van der Waals surface area contributed by atoms with Crippen LogP contribution in [0.4, 0.5) is 0 Å². The Kier molecular flexibility index (Phi) is 4.45. The number of hydrogen-bond donors (Lipinski definition) is 2. The zero-order chi connectivity index (χ0) is 14.5. The Hall–Kier alpha value is -1.95. The second-order valence-electron chi connectivity index (χ2n) is 4.67. The van der Waals surface area contributed by atoms with Crippen molar-refractivity contribution in [2.24, 2.45) is 0 Å². The molecule has 2 heterocycles. The number of furan rings is 1. The number of aliphatic hydroxyl groups is 1. The molecule has 0 bridgehead atoms. The molecular weight excluding hydrogens is 284 g/mol. The number of thiazole rings is 1. The maximum absolute atomic E-state index is 9.42. The third kappa shape index (κ3) is 3.39. The van der Waals surface area contributed by atoms with Crippen LogP contribution in [0.1, 0.15) is 17.4 Å². The first-order chi connectivity index (χ1) is 10.4. The Bertz CT molecular complexity index is 648. The van der Waals surface area contributed by atoms with Crippen LogP contribution in [0.25, 0.3) is 10.6 Å². The molecule has 0 saturated heterocycles. The van der Waals surface area contributed by atoms with Crippen molar-refractivity contribution < 1.29 is 9.52 Å². The van der Waals surface area contributed by atoms with Crippen LogP contribution in [0, 0.1) is 0 Å². The van der Waals surface area contributed by atoms with Crippen molar-refractivity contribution in [3.8, 4) is 10.6 Å². The van der Waals surface area contributed by atoms with Crippen molar-refractivity contribution in [3.63, 3.8) is 0 Å². The van der Waals surface area contributed by atoms with Gasteiger partial charge in [0.2, 0.25) is 0 Å². The summed E-state index contributed by atoms with van der Waals surface area (Å²) in [4.78, 5) is 4.29. The molecule has 0 aliphatic heterocycles. The molecule has 2 aromatic heterocycles. The van der Waals surface area contributed by atoms with E-state index in [1.54, 1.807) is 17.6 Å². The Morgan fingerprint density at radius 1 is 1.24 bits per heavy atom. The zero-order valence-electron chi connectivity index (χ0n) is 11.4. The van der Waals surface area contributed by atoms with Gasteiger partial charge in [0, 0.05) is 23.7 Å². The van der Waals surface area contributed by atoms with Gasteiger partial charge in [0.1, 0.15) is 10.8 Å². The monoisotopic (exact) mass is 300 g/mol. The van der Waals surface area contributed by atoms with E-state index in [1.165, 1.54) is 0 Å². The van der Waals surface area contributed by atoms with Gasteiger partial charge in [-0.15, -0.1) is 11.3 Å². The van der Waals surface area contributed by atoms with Gasteiger partial charge in [0.15, 0.2) is 0 Å². The molecule has 1 unspecified atom stereocenters. The summed E-state index contributed by atoms with van der Waals surface area (Å²) in [5.41, 5.74) is 2.28. The van der Waals surface area contributed by atoms with Gasteiger partial charge < -0.3 is 14.8 Å².